The van der Waals surface area contributed by atoms with Gasteiger partial charge >= 0.3 is 0 Å². The van der Waals surface area contributed by atoms with Gasteiger partial charge in [0.1, 0.15) is 12.4 Å². The van der Waals surface area contributed by atoms with Crippen molar-refractivity contribution in [2.75, 3.05) is 26.1 Å². The summed E-state index contributed by atoms with van der Waals surface area (Å²) in [5.74, 6) is 3.70. The van der Waals surface area contributed by atoms with Crippen molar-refractivity contribution in [2.45, 2.75) is 13.0 Å². The third-order valence-corrected chi connectivity index (χ3v) is 7.49. The SMILES string of the molecule is C#CCOc1ccc(/C=c2\sc3n(c2=O)[C@H](c2cccc(OC)c2)C(C(=O)Nc2ccccc2)=C(C)N=3)cc1OC. The van der Waals surface area contributed by atoms with Crippen molar-refractivity contribution in [1.82, 2.24) is 4.57 Å². The number of fused-ring (bicyclic) bond motifs is 1. The molecule has 1 amide bonds. The van der Waals surface area contributed by atoms with E-state index in [1.807, 2.05) is 48.5 Å². The maximum Gasteiger partial charge on any atom is 0.271 e. The summed E-state index contributed by atoms with van der Waals surface area (Å²) in [4.78, 5) is 32.9. The van der Waals surface area contributed by atoms with Crippen LogP contribution >= 0.6 is 11.3 Å². The Bertz CT molecular complexity index is 1870. The molecule has 41 heavy (non-hydrogen) atoms. The highest BCUT2D eigenvalue weighted by molar-refractivity contribution is 7.07. The fraction of sp³-hybridized carbons (Fsp3) is 0.156. The number of nitrogens with zero attached hydrogens (tertiary/aromatic N) is 2. The molecule has 0 spiro atoms. The lowest BCUT2D eigenvalue weighted by Gasteiger charge is -2.25. The second-order valence-corrected chi connectivity index (χ2v) is 10.1. The number of hydrogen-bond donors (Lipinski definition) is 1. The second kappa shape index (κ2) is 12.0. The highest BCUT2D eigenvalue weighted by Gasteiger charge is 2.32. The van der Waals surface area contributed by atoms with Gasteiger partial charge in [0.2, 0.25) is 0 Å². The zero-order chi connectivity index (χ0) is 28.9. The lowest BCUT2D eigenvalue weighted by Crippen LogP contribution is -2.40. The topological polar surface area (TPSA) is 91.2 Å². The first-order valence-electron chi connectivity index (χ1n) is 12.7. The van der Waals surface area contributed by atoms with E-state index in [0.717, 1.165) is 11.1 Å². The van der Waals surface area contributed by atoms with Crippen molar-refractivity contribution in [1.29, 1.82) is 0 Å². The molecule has 0 fully saturated rings. The monoisotopic (exact) mass is 565 g/mol. The molecule has 0 unspecified atom stereocenters. The van der Waals surface area contributed by atoms with Crippen molar-refractivity contribution in [3.05, 3.63) is 115 Å². The molecule has 1 aromatic heterocycles. The van der Waals surface area contributed by atoms with Crippen LogP contribution in [0.4, 0.5) is 5.69 Å². The molecule has 3 aromatic carbocycles. The van der Waals surface area contributed by atoms with Crippen LogP contribution in [0.25, 0.3) is 6.08 Å². The third-order valence-electron chi connectivity index (χ3n) is 6.50. The summed E-state index contributed by atoms with van der Waals surface area (Å²) >= 11 is 1.25. The molecule has 1 N–H and O–H groups in total. The number of aromatic nitrogens is 1. The van der Waals surface area contributed by atoms with Gasteiger partial charge in [-0.1, -0.05) is 53.7 Å². The van der Waals surface area contributed by atoms with Gasteiger partial charge in [-0.3, -0.25) is 14.2 Å². The Balaban J connectivity index is 1.64. The molecule has 0 saturated carbocycles. The first-order valence-corrected chi connectivity index (χ1v) is 13.5. The van der Waals surface area contributed by atoms with E-state index in [4.69, 9.17) is 25.6 Å². The Labute approximate surface area is 240 Å². The van der Waals surface area contributed by atoms with E-state index in [1.165, 1.54) is 18.4 Å². The Hall–Kier alpha value is -5.07. The summed E-state index contributed by atoms with van der Waals surface area (Å²) in [5.41, 5.74) is 2.72. The molecule has 4 aromatic rings. The van der Waals surface area contributed by atoms with Crippen LogP contribution in [0.2, 0.25) is 0 Å². The number of hydrogen-bond acceptors (Lipinski definition) is 7. The number of thiazole rings is 1. The van der Waals surface area contributed by atoms with E-state index in [9.17, 15) is 9.59 Å². The number of allylic oxidation sites excluding steroid dienone is 1. The summed E-state index contributed by atoms with van der Waals surface area (Å²) in [5, 5.41) is 2.95. The van der Waals surface area contributed by atoms with Crippen LogP contribution in [-0.2, 0) is 4.79 Å². The van der Waals surface area contributed by atoms with E-state index in [-0.39, 0.29) is 18.1 Å². The predicted octanol–water partition coefficient (Wildman–Crippen LogP) is 3.90. The zero-order valence-corrected chi connectivity index (χ0v) is 23.5. The zero-order valence-electron chi connectivity index (χ0n) is 22.7. The average molecular weight is 566 g/mol. The van der Waals surface area contributed by atoms with Crippen LogP contribution in [0.5, 0.6) is 17.2 Å². The van der Waals surface area contributed by atoms with Gasteiger partial charge in [0.25, 0.3) is 11.5 Å². The molecule has 0 saturated heterocycles. The fourth-order valence-electron chi connectivity index (χ4n) is 4.62. The molecule has 0 bridgehead atoms. The largest absolute Gasteiger partial charge is 0.497 e. The molecule has 0 radical (unpaired) electrons. The first-order chi connectivity index (χ1) is 19.9. The minimum atomic E-state index is -0.721. The Kier molecular flexibility index (Phi) is 8.04. The molecule has 2 heterocycles. The summed E-state index contributed by atoms with van der Waals surface area (Å²) in [6.45, 7) is 1.89. The Morgan fingerprint density at radius 3 is 2.61 bits per heavy atom. The number of nitrogens with one attached hydrogen (secondary N) is 1. The number of ether oxygens (including phenoxy) is 3. The maximum atomic E-state index is 14.0. The normalized spacial score (nSPS) is 14.5. The van der Waals surface area contributed by atoms with E-state index in [2.05, 4.69) is 11.2 Å². The number of terminal acetylenes is 1. The lowest BCUT2D eigenvalue weighted by molar-refractivity contribution is -0.113. The molecule has 1 aliphatic rings. The minimum Gasteiger partial charge on any atom is -0.497 e. The molecule has 206 valence electrons. The van der Waals surface area contributed by atoms with Gasteiger partial charge in [0.05, 0.1) is 36.1 Å². The lowest BCUT2D eigenvalue weighted by atomic mass is 9.95. The highest BCUT2D eigenvalue weighted by Crippen LogP contribution is 2.32. The molecule has 1 aliphatic heterocycles. The number of para-hydroxylation sites is 1. The summed E-state index contributed by atoms with van der Waals surface area (Å²) in [7, 11) is 3.11. The first kappa shape index (κ1) is 27.5. The third kappa shape index (κ3) is 5.64. The number of methoxy groups -OCH3 is 2. The standard InChI is InChI=1S/C32H27N3O5S/c1-5-16-40-25-15-14-21(17-26(25)39-4)18-27-31(37)35-29(22-10-9-13-24(19-22)38-3)28(20(2)33-32(35)41-27)30(36)34-23-11-7-6-8-12-23/h1,6-15,17-19,29H,16H2,2-4H3,(H,34,36)/b27-18-/t29-/m1/s1. The van der Waals surface area contributed by atoms with E-state index in [1.54, 1.807) is 48.9 Å². The van der Waals surface area contributed by atoms with E-state index >= 15 is 0 Å². The summed E-state index contributed by atoms with van der Waals surface area (Å²) < 4.78 is 18.5. The smallest absolute Gasteiger partial charge is 0.271 e. The number of anilines is 1. The van der Waals surface area contributed by atoms with Crippen molar-refractivity contribution in [2.24, 2.45) is 4.99 Å². The van der Waals surface area contributed by atoms with Gasteiger partial charge in [-0.05, 0) is 60.5 Å². The quantitative estimate of drug-likeness (QED) is 0.327. The van der Waals surface area contributed by atoms with Gasteiger partial charge in [-0.25, -0.2) is 4.99 Å². The molecule has 9 heteroatoms. The van der Waals surface area contributed by atoms with E-state index < -0.39 is 6.04 Å². The van der Waals surface area contributed by atoms with Crippen molar-refractivity contribution < 1.29 is 19.0 Å². The van der Waals surface area contributed by atoms with Crippen LogP contribution < -0.4 is 34.4 Å². The van der Waals surface area contributed by atoms with E-state index in [0.29, 0.717) is 43.5 Å². The number of carbonyl (C=O) groups excluding carboxylic acids is 1. The van der Waals surface area contributed by atoms with Crippen LogP contribution in [0, 0.1) is 12.3 Å². The molecule has 0 aliphatic carbocycles. The van der Waals surface area contributed by atoms with Crippen molar-refractivity contribution >= 4 is 29.0 Å². The van der Waals surface area contributed by atoms with Crippen LogP contribution in [-0.4, -0.2) is 31.3 Å². The number of benzene rings is 3. The van der Waals surface area contributed by atoms with Crippen LogP contribution in [0.3, 0.4) is 0 Å². The van der Waals surface area contributed by atoms with Gasteiger partial charge < -0.3 is 19.5 Å². The van der Waals surface area contributed by atoms with Gasteiger partial charge in [0.15, 0.2) is 16.3 Å². The fourth-order valence-corrected chi connectivity index (χ4v) is 5.67. The Morgan fingerprint density at radius 2 is 1.88 bits per heavy atom. The number of rotatable bonds is 8. The predicted molar refractivity (Wildman–Crippen MR) is 159 cm³/mol. The van der Waals surface area contributed by atoms with Crippen LogP contribution in [0.1, 0.15) is 24.1 Å². The molecule has 5 rings (SSSR count). The number of amides is 1. The highest BCUT2D eigenvalue weighted by atomic mass is 32.1. The van der Waals surface area contributed by atoms with Crippen LogP contribution in [0.15, 0.2) is 93.9 Å². The van der Waals surface area contributed by atoms with Crippen molar-refractivity contribution in [3.8, 4) is 29.6 Å². The molecular formula is C32H27N3O5S. The second-order valence-electron chi connectivity index (χ2n) is 9.08. The van der Waals surface area contributed by atoms with Crippen molar-refractivity contribution in [3.63, 3.8) is 0 Å². The molecule has 1 atom stereocenters. The molecule has 8 nitrogen and oxygen atoms in total. The van der Waals surface area contributed by atoms with Gasteiger partial charge in [-0.2, -0.15) is 0 Å². The maximum absolute atomic E-state index is 14.0. The Morgan fingerprint density at radius 1 is 1.07 bits per heavy atom. The summed E-state index contributed by atoms with van der Waals surface area (Å²) in [6.07, 6.45) is 7.08. The van der Waals surface area contributed by atoms with Gasteiger partial charge in [0, 0.05) is 5.69 Å². The summed E-state index contributed by atoms with van der Waals surface area (Å²) in [6, 6.07) is 21.1. The number of carbonyl (C=O) groups is 1. The minimum absolute atomic E-state index is 0.109. The molecular weight excluding hydrogens is 538 g/mol. The average Bonchev–Trinajstić information content (AvgIpc) is 3.29. The van der Waals surface area contributed by atoms with Gasteiger partial charge in [-0.15, -0.1) is 6.42 Å².